The van der Waals surface area contributed by atoms with Crippen LogP contribution in [0.5, 0.6) is 0 Å². The van der Waals surface area contributed by atoms with Crippen molar-refractivity contribution in [1.82, 2.24) is 20.1 Å². The number of rotatable bonds is 6. The van der Waals surface area contributed by atoms with Crippen molar-refractivity contribution in [1.29, 1.82) is 0 Å². The second-order valence-electron chi connectivity index (χ2n) is 6.80. The number of piperidine rings is 1. The lowest BCUT2D eigenvalue weighted by Crippen LogP contribution is -2.32. The number of carbonyl (C=O) groups is 1. The molecule has 2 N–H and O–H groups in total. The van der Waals surface area contributed by atoms with Crippen molar-refractivity contribution >= 4 is 11.6 Å². The van der Waals surface area contributed by atoms with Crippen molar-refractivity contribution in [3.8, 4) is 11.4 Å². The third kappa shape index (κ3) is 4.25. The summed E-state index contributed by atoms with van der Waals surface area (Å²) in [6, 6.07) is 7.79. The zero-order valence-corrected chi connectivity index (χ0v) is 15.0. The Balaban J connectivity index is 1.69. The minimum Gasteiger partial charge on any atom is -0.325 e. The van der Waals surface area contributed by atoms with Crippen LogP contribution in [0.2, 0.25) is 0 Å². The van der Waals surface area contributed by atoms with E-state index in [0.29, 0.717) is 18.3 Å². The largest absolute Gasteiger partial charge is 0.325 e. The topological polar surface area (TPSA) is 71.8 Å². The van der Waals surface area contributed by atoms with E-state index in [4.69, 9.17) is 0 Å². The average molecular weight is 341 g/mol. The second kappa shape index (κ2) is 8.25. The van der Waals surface area contributed by atoms with Gasteiger partial charge in [-0.3, -0.25) is 4.79 Å². The number of aryl methyl sites for hydroxylation is 1. The predicted octanol–water partition coefficient (Wildman–Crippen LogP) is 2.93. The number of amides is 1. The molecule has 6 nitrogen and oxygen atoms in total. The fourth-order valence-electron chi connectivity index (χ4n) is 3.56. The quantitative estimate of drug-likeness (QED) is 0.847. The fraction of sp³-hybridized carbons (Fsp3) is 0.526. The molecule has 3 rings (SSSR count). The zero-order chi connectivity index (χ0) is 17.6. The molecule has 0 bridgehead atoms. The van der Waals surface area contributed by atoms with E-state index in [1.807, 2.05) is 28.8 Å². The number of para-hydroxylation sites is 1. The Labute approximate surface area is 149 Å². The molecule has 1 fully saturated rings. The van der Waals surface area contributed by atoms with E-state index in [-0.39, 0.29) is 5.91 Å². The number of anilines is 1. The number of carbonyl (C=O) groups excluding carboxylic acids is 1. The van der Waals surface area contributed by atoms with Gasteiger partial charge >= 0.3 is 0 Å². The van der Waals surface area contributed by atoms with Gasteiger partial charge in [0, 0.05) is 18.5 Å². The fourth-order valence-corrected chi connectivity index (χ4v) is 3.56. The highest BCUT2D eigenvalue weighted by Gasteiger charge is 2.22. The molecule has 2 heterocycles. The maximum absolute atomic E-state index is 12.6. The van der Waals surface area contributed by atoms with Gasteiger partial charge in [-0.25, -0.2) is 0 Å². The minimum absolute atomic E-state index is 0.0704. The molecule has 1 amide bonds. The van der Waals surface area contributed by atoms with E-state index in [1.54, 1.807) is 6.33 Å². The molecule has 2 aromatic rings. The van der Waals surface area contributed by atoms with Crippen molar-refractivity contribution in [2.75, 3.05) is 18.4 Å². The van der Waals surface area contributed by atoms with Gasteiger partial charge in [-0.05, 0) is 56.8 Å². The van der Waals surface area contributed by atoms with Gasteiger partial charge in [0.05, 0.1) is 5.69 Å². The predicted molar refractivity (Wildman–Crippen MR) is 99.1 cm³/mol. The molecule has 25 heavy (non-hydrogen) atoms. The Morgan fingerprint density at radius 1 is 1.36 bits per heavy atom. The van der Waals surface area contributed by atoms with Crippen LogP contribution in [0, 0.1) is 11.8 Å². The third-order valence-electron chi connectivity index (χ3n) is 5.09. The van der Waals surface area contributed by atoms with Crippen molar-refractivity contribution < 1.29 is 4.79 Å². The normalized spacial score (nSPS) is 16.6. The van der Waals surface area contributed by atoms with Gasteiger partial charge in [0.1, 0.15) is 6.33 Å². The molecule has 1 aliphatic rings. The molecule has 1 aromatic carbocycles. The van der Waals surface area contributed by atoms with Gasteiger partial charge in [0.2, 0.25) is 5.91 Å². The Morgan fingerprint density at radius 2 is 2.12 bits per heavy atom. The van der Waals surface area contributed by atoms with Crippen LogP contribution in [-0.2, 0) is 11.3 Å². The van der Waals surface area contributed by atoms with Gasteiger partial charge in [-0.1, -0.05) is 19.1 Å². The molecular weight excluding hydrogens is 314 g/mol. The lowest BCUT2D eigenvalue weighted by molar-refractivity contribution is -0.117. The van der Waals surface area contributed by atoms with Crippen LogP contribution in [0.15, 0.2) is 30.6 Å². The van der Waals surface area contributed by atoms with Crippen LogP contribution in [0.1, 0.15) is 33.1 Å². The molecule has 6 heteroatoms. The molecule has 0 radical (unpaired) electrons. The van der Waals surface area contributed by atoms with Crippen LogP contribution >= 0.6 is 0 Å². The lowest BCUT2D eigenvalue weighted by atomic mass is 9.84. The molecule has 1 aromatic heterocycles. The zero-order valence-electron chi connectivity index (χ0n) is 15.0. The first-order valence-corrected chi connectivity index (χ1v) is 9.16. The summed E-state index contributed by atoms with van der Waals surface area (Å²) in [5, 5.41) is 14.7. The Kier molecular flexibility index (Phi) is 5.81. The van der Waals surface area contributed by atoms with Gasteiger partial charge in [-0.15, -0.1) is 10.2 Å². The molecule has 0 saturated carbocycles. The summed E-state index contributed by atoms with van der Waals surface area (Å²) in [6.45, 7) is 7.15. The van der Waals surface area contributed by atoms with Crippen LogP contribution < -0.4 is 10.6 Å². The number of nitrogens with one attached hydrogen (secondary N) is 2. The van der Waals surface area contributed by atoms with E-state index < -0.39 is 0 Å². The van der Waals surface area contributed by atoms with E-state index in [0.717, 1.165) is 49.6 Å². The number of aromatic nitrogens is 3. The van der Waals surface area contributed by atoms with Gasteiger partial charge in [0.15, 0.2) is 5.82 Å². The molecular formula is C19H27N5O. The number of hydrogen-bond acceptors (Lipinski definition) is 4. The monoisotopic (exact) mass is 341 g/mol. The number of hydrogen-bond donors (Lipinski definition) is 2. The first kappa shape index (κ1) is 17.6. The van der Waals surface area contributed by atoms with E-state index >= 15 is 0 Å². The molecule has 134 valence electrons. The molecule has 1 unspecified atom stereocenters. The summed E-state index contributed by atoms with van der Waals surface area (Å²) >= 11 is 0. The summed E-state index contributed by atoms with van der Waals surface area (Å²) in [5.41, 5.74) is 1.71. The van der Waals surface area contributed by atoms with Crippen LogP contribution in [0.25, 0.3) is 11.4 Å². The van der Waals surface area contributed by atoms with Crippen LogP contribution in [0.4, 0.5) is 5.69 Å². The summed E-state index contributed by atoms with van der Waals surface area (Å²) in [4.78, 5) is 12.6. The highest BCUT2D eigenvalue weighted by molar-refractivity contribution is 5.94. The van der Waals surface area contributed by atoms with Crippen molar-refractivity contribution in [3.63, 3.8) is 0 Å². The van der Waals surface area contributed by atoms with Crippen LogP contribution in [0.3, 0.4) is 0 Å². The summed E-state index contributed by atoms with van der Waals surface area (Å²) < 4.78 is 1.97. The van der Waals surface area contributed by atoms with Crippen molar-refractivity contribution in [2.24, 2.45) is 11.8 Å². The first-order valence-electron chi connectivity index (χ1n) is 9.16. The molecule has 1 saturated heterocycles. The van der Waals surface area contributed by atoms with E-state index in [1.165, 1.54) is 0 Å². The van der Waals surface area contributed by atoms with E-state index in [9.17, 15) is 4.79 Å². The Bertz CT molecular complexity index is 705. The van der Waals surface area contributed by atoms with Crippen molar-refractivity contribution in [2.45, 2.75) is 39.7 Å². The Morgan fingerprint density at radius 3 is 2.88 bits per heavy atom. The molecule has 0 spiro atoms. The van der Waals surface area contributed by atoms with Crippen LogP contribution in [-0.4, -0.2) is 33.8 Å². The molecule has 0 aliphatic carbocycles. The number of nitrogens with zero attached hydrogens (tertiary/aromatic N) is 3. The highest BCUT2D eigenvalue weighted by Crippen LogP contribution is 2.28. The standard InChI is InChI=1S/C19H27N5O/c1-3-24-13-21-23-19(24)16-6-4-5-7-17(16)22-18(25)12-14(2)15-8-10-20-11-9-15/h4-7,13-15,20H,3,8-12H2,1-2H3,(H,22,25). The summed E-state index contributed by atoms with van der Waals surface area (Å²) in [7, 11) is 0. The number of benzene rings is 1. The third-order valence-corrected chi connectivity index (χ3v) is 5.09. The van der Waals surface area contributed by atoms with Gasteiger partial charge < -0.3 is 15.2 Å². The lowest BCUT2D eigenvalue weighted by Gasteiger charge is -2.28. The Hall–Kier alpha value is -2.21. The van der Waals surface area contributed by atoms with E-state index in [2.05, 4.69) is 34.7 Å². The summed E-state index contributed by atoms with van der Waals surface area (Å²) in [5.74, 6) is 1.88. The first-order chi connectivity index (χ1) is 12.2. The van der Waals surface area contributed by atoms with Crippen molar-refractivity contribution in [3.05, 3.63) is 30.6 Å². The maximum Gasteiger partial charge on any atom is 0.224 e. The summed E-state index contributed by atoms with van der Waals surface area (Å²) in [6.07, 6.45) is 4.59. The minimum atomic E-state index is 0.0704. The van der Waals surface area contributed by atoms with Gasteiger partial charge in [-0.2, -0.15) is 0 Å². The SMILES string of the molecule is CCn1cnnc1-c1ccccc1NC(=O)CC(C)C1CCNCC1. The highest BCUT2D eigenvalue weighted by atomic mass is 16.1. The maximum atomic E-state index is 12.6. The van der Waals surface area contributed by atoms with Gasteiger partial charge in [0.25, 0.3) is 0 Å². The molecule has 1 aliphatic heterocycles. The average Bonchev–Trinajstić information content (AvgIpc) is 3.11. The second-order valence-corrected chi connectivity index (χ2v) is 6.80. The molecule has 1 atom stereocenters. The smallest absolute Gasteiger partial charge is 0.224 e.